The Morgan fingerprint density at radius 1 is 1.38 bits per heavy atom. The second kappa shape index (κ2) is 4.39. The Balaban J connectivity index is 1.76. The minimum absolute atomic E-state index is 0.963. The lowest BCUT2D eigenvalue weighted by Crippen LogP contribution is -2.03. The van der Waals surface area contributed by atoms with E-state index in [1.165, 1.54) is 5.56 Å². The van der Waals surface area contributed by atoms with Gasteiger partial charge in [0.1, 0.15) is 0 Å². The number of anilines is 1. The van der Waals surface area contributed by atoms with E-state index in [0.29, 0.717) is 0 Å². The molecule has 0 amide bonds. The molecule has 4 heteroatoms. The van der Waals surface area contributed by atoms with Gasteiger partial charge in [-0.05, 0) is 28.8 Å². The lowest BCUT2D eigenvalue weighted by Gasteiger charge is -1.99. The van der Waals surface area contributed by atoms with Gasteiger partial charge in [0.25, 0.3) is 0 Å². The fourth-order valence-electron chi connectivity index (χ4n) is 1.06. The smallest absolute Gasteiger partial charge is 0.182 e. The Labute approximate surface area is 85.3 Å². The van der Waals surface area contributed by atoms with Gasteiger partial charge in [0.2, 0.25) is 0 Å². The summed E-state index contributed by atoms with van der Waals surface area (Å²) in [5.74, 6) is 0. The van der Waals surface area contributed by atoms with E-state index in [1.807, 2.05) is 11.6 Å². The van der Waals surface area contributed by atoms with Crippen molar-refractivity contribution in [1.82, 2.24) is 4.98 Å². The maximum Gasteiger partial charge on any atom is 0.182 e. The van der Waals surface area contributed by atoms with Gasteiger partial charge in [-0.1, -0.05) is 0 Å². The number of hydrogen-bond donors (Lipinski definition) is 1. The number of hydrogen-bond acceptors (Lipinski definition) is 4. The molecule has 2 rings (SSSR count). The van der Waals surface area contributed by atoms with Gasteiger partial charge in [-0.2, -0.15) is 11.3 Å². The maximum atomic E-state index is 4.15. The summed E-state index contributed by atoms with van der Waals surface area (Å²) in [6, 6.07) is 2.16. The predicted octanol–water partition coefficient (Wildman–Crippen LogP) is 2.86. The van der Waals surface area contributed by atoms with Gasteiger partial charge in [-0.3, -0.25) is 0 Å². The standard InChI is InChI=1S/C9H10N2S2/c1(8-2-5-12-7-8)3-10-9-11-4-6-13-9/h2,4-7H,1,3H2,(H,10,11). The zero-order valence-corrected chi connectivity index (χ0v) is 8.70. The van der Waals surface area contributed by atoms with Crippen LogP contribution < -0.4 is 5.32 Å². The molecule has 2 aromatic heterocycles. The predicted molar refractivity (Wildman–Crippen MR) is 58.6 cm³/mol. The molecule has 2 heterocycles. The van der Waals surface area contributed by atoms with Crippen molar-refractivity contribution in [3.8, 4) is 0 Å². The fourth-order valence-corrected chi connectivity index (χ4v) is 2.32. The van der Waals surface area contributed by atoms with Gasteiger partial charge in [0.05, 0.1) is 0 Å². The Hall–Kier alpha value is -0.870. The van der Waals surface area contributed by atoms with E-state index in [-0.39, 0.29) is 0 Å². The number of thiophene rings is 1. The summed E-state index contributed by atoms with van der Waals surface area (Å²) in [7, 11) is 0. The Kier molecular flexibility index (Phi) is 2.94. The molecule has 1 N–H and O–H groups in total. The number of rotatable bonds is 4. The Bertz CT molecular complexity index is 292. The van der Waals surface area contributed by atoms with Gasteiger partial charge >= 0.3 is 0 Å². The normalized spacial score (nSPS) is 10.2. The SMILES string of the molecule is c1csc(NCCc2ccsc2)n1. The summed E-state index contributed by atoms with van der Waals surface area (Å²) in [6.45, 7) is 0.963. The van der Waals surface area contributed by atoms with Crippen molar-refractivity contribution in [2.45, 2.75) is 6.42 Å². The van der Waals surface area contributed by atoms with Gasteiger partial charge in [0, 0.05) is 18.1 Å². The molecule has 2 nitrogen and oxygen atoms in total. The van der Waals surface area contributed by atoms with Gasteiger partial charge in [0.15, 0.2) is 5.13 Å². The highest BCUT2D eigenvalue weighted by Gasteiger charge is 1.94. The van der Waals surface area contributed by atoms with Gasteiger partial charge in [-0.25, -0.2) is 4.98 Å². The van der Waals surface area contributed by atoms with Crippen LogP contribution in [-0.4, -0.2) is 11.5 Å². The molecule has 0 bridgehead atoms. The average molecular weight is 210 g/mol. The van der Waals surface area contributed by atoms with Crippen molar-refractivity contribution in [2.24, 2.45) is 0 Å². The molecule has 0 unspecified atom stereocenters. The van der Waals surface area contributed by atoms with Crippen LogP contribution in [0, 0.1) is 0 Å². The third kappa shape index (κ3) is 2.54. The van der Waals surface area contributed by atoms with Crippen molar-refractivity contribution in [3.05, 3.63) is 34.0 Å². The summed E-state index contributed by atoms with van der Waals surface area (Å²) in [6.07, 6.45) is 2.89. The molecule has 0 fully saturated rings. The molecule has 0 atom stereocenters. The molecule has 13 heavy (non-hydrogen) atoms. The van der Waals surface area contributed by atoms with E-state index in [9.17, 15) is 0 Å². The molecule has 0 saturated heterocycles. The molecule has 0 spiro atoms. The summed E-state index contributed by atoms with van der Waals surface area (Å²) < 4.78 is 0. The monoisotopic (exact) mass is 210 g/mol. The third-order valence-corrected chi connectivity index (χ3v) is 3.17. The number of nitrogens with one attached hydrogen (secondary N) is 1. The highest BCUT2D eigenvalue weighted by Crippen LogP contribution is 2.11. The first-order valence-corrected chi connectivity index (χ1v) is 5.92. The molecular weight excluding hydrogens is 200 g/mol. The lowest BCUT2D eigenvalue weighted by molar-refractivity contribution is 1.02. The van der Waals surface area contributed by atoms with Crippen molar-refractivity contribution < 1.29 is 0 Å². The molecular formula is C9H10N2S2. The molecule has 2 aromatic rings. The summed E-state index contributed by atoms with van der Waals surface area (Å²) in [5, 5.41) is 10.6. The van der Waals surface area contributed by atoms with Crippen molar-refractivity contribution in [2.75, 3.05) is 11.9 Å². The number of aromatic nitrogens is 1. The molecule has 68 valence electrons. The lowest BCUT2D eigenvalue weighted by atomic mass is 10.2. The zero-order valence-electron chi connectivity index (χ0n) is 7.06. The zero-order chi connectivity index (χ0) is 8.93. The van der Waals surface area contributed by atoms with Gasteiger partial charge in [-0.15, -0.1) is 11.3 Å². The highest BCUT2D eigenvalue weighted by atomic mass is 32.1. The molecule has 0 saturated carbocycles. The van der Waals surface area contributed by atoms with Crippen molar-refractivity contribution in [3.63, 3.8) is 0 Å². The maximum absolute atomic E-state index is 4.15. The first kappa shape index (κ1) is 8.72. The Morgan fingerprint density at radius 3 is 3.08 bits per heavy atom. The van der Waals surface area contributed by atoms with Crippen LogP contribution in [0.3, 0.4) is 0 Å². The summed E-state index contributed by atoms with van der Waals surface area (Å²) in [5.41, 5.74) is 1.40. The van der Waals surface area contributed by atoms with Gasteiger partial charge < -0.3 is 5.32 Å². The number of thiazole rings is 1. The van der Waals surface area contributed by atoms with Crippen LogP contribution in [0.2, 0.25) is 0 Å². The van der Waals surface area contributed by atoms with Crippen molar-refractivity contribution >= 4 is 27.8 Å². The first-order valence-electron chi connectivity index (χ1n) is 4.09. The molecule has 0 aliphatic heterocycles. The first-order chi connectivity index (χ1) is 6.45. The van der Waals surface area contributed by atoms with Crippen LogP contribution in [0.4, 0.5) is 5.13 Å². The van der Waals surface area contributed by atoms with Crippen molar-refractivity contribution in [1.29, 1.82) is 0 Å². The van der Waals surface area contributed by atoms with Crippen LogP contribution in [-0.2, 0) is 6.42 Å². The fraction of sp³-hybridized carbons (Fsp3) is 0.222. The molecule has 0 aliphatic rings. The average Bonchev–Trinajstić information content (AvgIpc) is 2.75. The number of nitrogens with zero attached hydrogens (tertiary/aromatic N) is 1. The molecule has 0 radical (unpaired) electrons. The van der Waals surface area contributed by atoms with E-state index in [1.54, 1.807) is 22.7 Å². The summed E-state index contributed by atoms with van der Waals surface area (Å²) in [4.78, 5) is 4.15. The molecule has 0 aromatic carbocycles. The largest absolute Gasteiger partial charge is 0.361 e. The van der Waals surface area contributed by atoms with Crippen LogP contribution in [0.15, 0.2) is 28.4 Å². The van der Waals surface area contributed by atoms with E-state index >= 15 is 0 Å². The van der Waals surface area contributed by atoms with E-state index in [2.05, 4.69) is 27.1 Å². The Morgan fingerprint density at radius 2 is 2.38 bits per heavy atom. The summed E-state index contributed by atoms with van der Waals surface area (Å²) >= 11 is 3.39. The second-order valence-corrected chi connectivity index (χ2v) is 4.32. The topological polar surface area (TPSA) is 24.9 Å². The highest BCUT2D eigenvalue weighted by molar-refractivity contribution is 7.13. The van der Waals surface area contributed by atoms with E-state index in [0.717, 1.165) is 18.1 Å². The minimum Gasteiger partial charge on any atom is -0.361 e. The molecule has 0 aliphatic carbocycles. The van der Waals surface area contributed by atoms with Crippen LogP contribution in [0.5, 0.6) is 0 Å². The minimum atomic E-state index is 0.963. The van der Waals surface area contributed by atoms with E-state index < -0.39 is 0 Å². The van der Waals surface area contributed by atoms with Crippen LogP contribution in [0.1, 0.15) is 5.56 Å². The quantitative estimate of drug-likeness (QED) is 0.839. The van der Waals surface area contributed by atoms with E-state index in [4.69, 9.17) is 0 Å². The van der Waals surface area contributed by atoms with Crippen LogP contribution >= 0.6 is 22.7 Å². The third-order valence-electron chi connectivity index (χ3n) is 1.70. The van der Waals surface area contributed by atoms with Crippen LogP contribution in [0.25, 0.3) is 0 Å². The second-order valence-electron chi connectivity index (χ2n) is 2.65.